The Morgan fingerprint density at radius 1 is 0.972 bits per heavy atom. The number of hydrogen-bond donors (Lipinski definition) is 0. The third kappa shape index (κ3) is 6.31. The molecule has 0 bridgehead atoms. The van der Waals surface area contributed by atoms with Gasteiger partial charge in [-0.25, -0.2) is 0 Å². The van der Waals surface area contributed by atoms with Crippen LogP contribution < -0.4 is 9.47 Å². The molecule has 192 valence electrons. The number of amides is 1. The van der Waals surface area contributed by atoms with Crippen LogP contribution in [0, 0.1) is 5.92 Å². The van der Waals surface area contributed by atoms with E-state index >= 15 is 0 Å². The van der Waals surface area contributed by atoms with Crippen LogP contribution in [0.4, 0.5) is 0 Å². The van der Waals surface area contributed by atoms with Gasteiger partial charge in [0, 0.05) is 31.2 Å². The summed E-state index contributed by atoms with van der Waals surface area (Å²) in [5.41, 5.74) is 3.02. The van der Waals surface area contributed by atoms with Gasteiger partial charge in [-0.1, -0.05) is 61.2 Å². The maximum Gasteiger partial charge on any atom is 0.254 e. The van der Waals surface area contributed by atoms with E-state index in [4.69, 9.17) is 9.47 Å². The van der Waals surface area contributed by atoms with Crippen LogP contribution in [-0.2, 0) is 0 Å². The number of likely N-dealkylation sites (tertiary alicyclic amines) is 1. The number of hydrogen-bond acceptors (Lipinski definition) is 4. The Kier molecular flexibility index (Phi) is 8.27. The lowest BCUT2D eigenvalue weighted by molar-refractivity contribution is 0.0709. The van der Waals surface area contributed by atoms with E-state index in [2.05, 4.69) is 47.1 Å². The van der Waals surface area contributed by atoms with Crippen LogP contribution in [0.3, 0.4) is 0 Å². The van der Waals surface area contributed by atoms with Crippen molar-refractivity contribution in [3.05, 3.63) is 65.2 Å². The van der Waals surface area contributed by atoms with Gasteiger partial charge in [0.15, 0.2) is 11.5 Å². The Labute approximate surface area is 216 Å². The van der Waals surface area contributed by atoms with Gasteiger partial charge in [0.2, 0.25) is 0 Å². The van der Waals surface area contributed by atoms with Crippen LogP contribution in [-0.4, -0.2) is 61.1 Å². The summed E-state index contributed by atoms with van der Waals surface area (Å²) in [5, 5.41) is 0. The molecule has 5 rings (SSSR count). The zero-order valence-electron chi connectivity index (χ0n) is 21.7. The first-order valence-corrected chi connectivity index (χ1v) is 13.8. The Morgan fingerprint density at radius 2 is 1.75 bits per heavy atom. The summed E-state index contributed by atoms with van der Waals surface area (Å²) in [4.78, 5) is 18.6. The Morgan fingerprint density at radius 3 is 2.56 bits per heavy atom. The number of nitrogens with zero attached hydrogens (tertiary/aromatic N) is 2. The highest BCUT2D eigenvalue weighted by Crippen LogP contribution is 2.32. The zero-order chi connectivity index (χ0) is 24.7. The fourth-order valence-corrected chi connectivity index (χ4v) is 6.06. The van der Waals surface area contributed by atoms with Gasteiger partial charge in [0.25, 0.3) is 5.91 Å². The van der Waals surface area contributed by atoms with Crippen LogP contribution >= 0.6 is 0 Å². The van der Waals surface area contributed by atoms with Crippen molar-refractivity contribution in [3.8, 4) is 11.5 Å². The minimum absolute atomic E-state index is 0.0669. The number of carbonyl (C=O) groups is 1. The molecule has 1 atom stereocenters. The Bertz CT molecular complexity index is 1050. The van der Waals surface area contributed by atoms with Gasteiger partial charge in [-0.3, -0.25) is 9.69 Å². The minimum Gasteiger partial charge on any atom is -0.486 e. The fourth-order valence-electron chi connectivity index (χ4n) is 6.06. The number of ether oxygens (including phenoxy) is 2. The van der Waals surface area contributed by atoms with Crippen molar-refractivity contribution in [1.29, 1.82) is 0 Å². The summed E-state index contributed by atoms with van der Waals surface area (Å²) in [6, 6.07) is 16.4. The molecule has 36 heavy (non-hydrogen) atoms. The highest BCUT2D eigenvalue weighted by Gasteiger charge is 2.31. The second-order valence-corrected chi connectivity index (χ2v) is 10.7. The van der Waals surface area contributed by atoms with Gasteiger partial charge in [-0.2, -0.15) is 0 Å². The molecule has 0 N–H and O–H groups in total. The topological polar surface area (TPSA) is 42.0 Å². The smallest absolute Gasteiger partial charge is 0.254 e. The lowest BCUT2D eigenvalue weighted by Gasteiger charge is -2.34. The van der Waals surface area contributed by atoms with Crippen molar-refractivity contribution in [1.82, 2.24) is 9.80 Å². The molecule has 5 heteroatoms. The van der Waals surface area contributed by atoms with Crippen LogP contribution in [0.15, 0.2) is 54.1 Å². The van der Waals surface area contributed by atoms with Gasteiger partial charge in [0.1, 0.15) is 13.2 Å². The number of rotatable bonds is 8. The molecular formula is C31H40N2O3. The third-order valence-corrected chi connectivity index (χ3v) is 7.88. The van der Waals surface area contributed by atoms with Crippen molar-refractivity contribution in [3.63, 3.8) is 0 Å². The highest BCUT2D eigenvalue weighted by atomic mass is 16.6. The van der Waals surface area contributed by atoms with E-state index in [0.29, 0.717) is 37.1 Å². The summed E-state index contributed by atoms with van der Waals surface area (Å²) < 4.78 is 11.5. The highest BCUT2D eigenvalue weighted by molar-refractivity contribution is 5.95. The first-order valence-electron chi connectivity index (χ1n) is 13.8. The molecule has 1 saturated heterocycles. The van der Waals surface area contributed by atoms with E-state index in [1.165, 1.54) is 62.6 Å². The molecule has 0 unspecified atom stereocenters. The van der Waals surface area contributed by atoms with Crippen molar-refractivity contribution in [2.24, 2.45) is 5.92 Å². The molecule has 2 aromatic carbocycles. The van der Waals surface area contributed by atoms with Gasteiger partial charge >= 0.3 is 0 Å². The normalized spacial score (nSPS) is 20.9. The molecule has 2 aliphatic heterocycles. The van der Waals surface area contributed by atoms with E-state index < -0.39 is 0 Å². The molecule has 1 aliphatic carbocycles. The van der Waals surface area contributed by atoms with Crippen LogP contribution in [0.25, 0.3) is 6.08 Å². The first-order chi connectivity index (χ1) is 17.7. The maximum absolute atomic E-state index is 13.9. The number of fused-ring (bicyclic) bond motifs is 1. The molecule has 2 heterocycles. The van der Waals surface area contributed by atoms with Gasteiger partial charge in [-0.05, 0) is 68.8 Å². The van der Waals surface area contributed by atoms with E-state index in [-0.39, 0.29) is 5.91 Å². The van der Waals surface area contributed by atoms with Gasteiger partial charge in [0.05, 0.1) is 0 Å². The van der Waals surface area contributed by atoms with E-state index in [1.807, 2.05) is 24.3 Å². The van der Waals surface area contributed by atoms with Crippen molar-refractivity contribution >= 4 is 12.0 Å². The molecule has 1 amide bonds. The van der Waals surface area contributed by atoms with Gasteiger partial charge < -0.3 is 14.4 Å². The van der Waals surface area contributed by atoms with Crippen molar-refractivity contribution in [2.75, 3.05) is 39.4 Å². The monoisotopic (exact) mass is 488 g/mol. The summed E-state index contributed by atoms with van der Waals surface area (Å²) in [5.74, 6) is 2.28. The van der Waals surface area contributed by atoms with Crippen molar-refractivity contribution in [2.45, 2.75) is 57.9 Å². The summed E-state index contributed by atoms with van der Waals surface area (Å²) >= 11 is 0. The Balaban J connectivity index is 1.34. The van der Waals surface area contributed by atoms with E-state index in [9.17, 15) is 4.79 Å². The van der Waals surface area contributed by atoms with Gasteiger partial charge in [-0.15, -0.1) is 0 Å². The predicted octanol–water partition coefficient (Wildman–Crippen LogP) is 6.05. The lowest BCUT2D eigenvalue weighted by Crippen LogP contribution is -2.45. The van der Waals surface area contributed by atoms with Crippen molar-refractivity contribution < 1.29 is 14.3 Å². The number of benzene rings is 2. The number of carbonyl (C=O) groups excluding carboxylic acids is 1. The molecule has 3 aliphatic rings. The molecule has 1 saturated carbocycles. The molecule has 2 aromatic rings. The second kappa shape index (κ2) is 12.0. The minimum atomic E-state index is 0.0669. The average molecular weight is 489 g/mol. The lowest BCUT2D eigenvalue weighted by atomic mass is 9.89. The summed E-state index contributed by atoms with van der Waals surface area (Å²) in [6.45, 7) is 6.93. The quantitative estimate of drug-likeness (QED) is 0.454. The SMILES string of the molecule is CC(=Cc1ccccc1)CN(C[C@@H]1CCCN1CC1CCCCC1)C(=O)c1ccc2c(c1)OCCO2. The fraction of sp³-hybridized carbons (Fsp3) is 0.516. The first kappa shape index (κ1) is 24.9. The van der Waals surface area contributed by atoms with Crippen LogP contribution in [0.1, 0.15) is 67.8 Å². The molecule has 0 spiro atoms. The molecule has 0 radical (unpaired) electrons. The van der Waals surface area contributed by atoms with E-state index in [1.54, 1.807) is 0 Å². The second-order valence-electron chi connectivity index (χ2n) is 10.7. The van der Waals surface area contributed by atoms with Crippen LogP contribution in [0.5, 0.6) is 11.5 Å². The van der Waals surface area contributed by atoms with E-state index in [0.717, 1.165) is 24.8 Å². The third-order valence-electron chi connectivity index (χ3n) is 7.88. The largest absolute Gasteiger partial charge is 0.486 e. The summed E-state index contributed by atoms with van der Waals surface area (Å²) in [6.07, 6.45) is 11.5. The average Bonchev–Trinajstić information content (AvgIpc) is 3.35. The molecule has 0 aromatic heterocycles. The predicted molar refractivity (Wildman–Crippen MR) is 145 cm³/mol. The van der Waals surface area contributed by atoms with Crippen LogP contribution in [0.2, 0.25) is 0 Å². The zero-order valence-corrected chi connectivity index (χ0v) is 21.7. The summed E-state index contributed by atoms with van der Waals surface area (Å²) in [7, 11) is 0. The molecule has 2 fully saturated rings. The Hall–Kier alpha value is -2.79. The molecule has 5 nitrogen and oxygen atoms in total. The standard InChI is InChI=1S/C31H40N2O3/c1-24(19-25-9-4-2-5-10-25)21-33(31(34)27-14-15-29-30(20-27)36-18-17-35-29)23-28-13-8-16-32(28)22-26-11-6-3-7-12-26/h2,4-5,9-10,14-15,19-20,26,28H,3,6-8,11-13,16-18,21-23H2,1H3/t28-/m0/s1. The molecular weight excluding hydrogens is 448 g/mol. The maximum atomic E-state index is 13.9.